The molecule has 166 valence electrons. The quantitative estimate of drug-likeness (QED) is 0.460. The molecule has 1 aliphatic heterocycles. The normalized spacial score (nSPS) is 19.6. The Kier molecular flexibility index (Phi) is 9.61. The number of carbonyl (C=O) groups is 1. The molecule has 3 atom stereocenters. The highest BCUT2D eigenvalue weighted by molar-refractivity contribution is 5.75. The third-order valence-corrected chi connectivity index (χ3v) is 5.31. The standard InChI is InChI=1S/C24H35NO5/c1-5-7-8-18(6-2)15-28-23(26)20(14-25)13-19-9-11-21(12-10-19)27-16-22-17-29-24(3,4)30-22/h9-12,18,20,22H,5-8,13,15-17H2,1-4H3. The number of nitriles is 1. The summed E-state index contributed by atoms with van der Waals surface area (Å²) >= 11 is 0. The fourth-order valence-corrected chi connectivity index (χ4v) is 3.37. The zero-order chi connectivity index (χ0) is 22.0. The molecular weight excluding hydrogens is 382 g/mol. The van der Waals surface area contributed by atoms with Gasteiger partial charge in [-0.3, -0.25) is 4.79 Å². The van der Waals surface area contributed by atoms with Crippen molar-refractivity contribution in [3.05, 3.63) is 29.8 Å². The molecule has 1 aliphatic rings. The number of rotatable bonds is 12. The maximum absolute atomic E-state index is 12.3. The first-order chi connectivity index (χ1) is 14.4. The lowest BCUT2D eigenvalue weighted by Crippen LogP contribution is -2.25. The minimum Gasteiger partial charge on any atom is -0.491 e. The van der Waals surface area contributed by atoms with Crippen LogP contribution in [0.4, 0.5) is 0 Å². The van der Waals surface area contributed by atoms with Gasteiger partial charge < -0.3 is 18.9 Å². The Labute approximate surface area is 180 Å². The van der Waals surface area contributed by atoms with Gasteiger partial charge in [0, 0.05) is 0 Å². The monoisotopic (exact) mass is 417 g/mol. The van der Waals surface area contributed by atoms with Crippen molar-refractivity contribution in [3.63, 3.8) is 0 Å². The number of hydrogen-bond donors (Lipinski definition) is 0. The molecule has 0 radical (unpaired) electrons. The molecule has 0 aliphatic carbocycles. The first-order valence-corrected chi connectivity index (χ1v) is 11.0. The van der Waals surface area contributed by atoms with Crippen LogP contribution in [0.15, 0.2) is 24.3 Å². The van der Waals surface area contributed by atoms with E-state index in [-0.39, 0.29) is 6.10 Å². The van der Waals surface area contributed by atoms with E-state index in [1.54, 1.807) is 0 Å². The number of carbonyl (C=O) groups excluding carboxylic acids is 1. The Morgan fingerprint density at radius 3 is 2.60 bits per heavy atom. The topological polar surface area (TPSA) is 77.8 Å². The molecule has 1 heterocycles. The minimum absolute atomic E-state index is 0.0957. The van der Waals surface area contributed by atoms with Crippen LogP contribution >= 0.6 is 0 Å². The van der Waals surface area contributed by atoms with Gasteiger partial charge in [0.15, 0.2) is 5.79 Å². The Balaban J connectivity index is 1.79. The first-order valence-electron chi connectivity index (χ1n) is 11.0. The first kappa shape index (κ1) is 24.2. The van der Waals surface area contributed by atoms with Gasteiger partial charge in [0.2, 0.25) is 0 Å². The highest BCUT2D eigenvalue weighted by Gasteiger charge is 2.33. The summed E-state index contributed by atoms with van der Waals surface area (Å²) in [6, 6.07) is 9.51. The Morgan fingerprint density at radius 2 is 2.03 bits per heavy atom. The van der Waals surface area contributed by atoms with Gasteiger partial charge in [-0.15, -0.1) is 0 Å². The maximum atomic E-state index is 12.3. The van der Waals surface area contributed by atoms with E-state index < -0.39 is 17.7 Å². The van der Waals surface area contributed by atoms with Crippen LogP contribution in [0.25, 0.3) is 0 Å². The zero-order valence-corrected chi connectivity index (χ0v) is 18.7. The van der Waals surface area contributed by atoms with E-state index >= 15 is 0 Å². The summed E-state index contributed by atoms with van der Waals surface area (Å²) in [4.78, 5) is 12.3. The van der Waals surface area contributed by atoms with E-state index in [1.807, 2.05) is 38.1 Å². The van der Waals surface area contributed by atoms with Crippen LogP contribution in [0.1, 0.15) is 58.9 Å². The van der Waals surface area contributed by atoms with Gasteiger partial charge in [-0.1, -0.05) is 45.2 Å². The van der Waals surface area contributed by atoms with Gasteiger partial charge in [0.05, 0.1) is 19.3 Å². The minimum atomic E-state index is -0.799. The van der Waals surface area contributed by atoms with Crippen molar-refractivity contribution in [2.45, 2.75) is 71.7 Å². The molecule has 0 amide bonds. The molecule has 0 aromatic heterocycles. The SMILES string of the molecule is CCCCC(CC)COC(=O)C(C#N)Cc1ccc(OCC2COC(C)(C)O2)cc1. The molecule has 6 heteroatoms. The van der Waals surface area contributed by atoms with Gasteiger partial charge in [-0.2, -0.15) is 5.26 Å². The van der Waals surface area contributed by atoms with Gasteiger partial charge in [-0.05, 0) is 50.3 Å². The molecule has 1 saturated heterocycles. The van der Waals surface area contributed by atoms with E-state index in [1.165, 1.54) is 0 Å². The summed E-state index contributed by atoms with van der Waals surface area (Å²) in [6.07, 6.45) is 4.51. The molecule has 0 saturated carbocycles. The van der Waals surface area contributed by atoms with Crippen molar-refractivity contribution in [3.8, 4) is 11.8 Å². The molecular formula is C24H35NO5. The van der Waals surface area contributed by atoms with Crippen molar-refractivity contribution in [2.24, 2.45) is 11.8 Å². The van der Waals surface area contributed by atoms with E-state index in [0.717, 1.165) is 31.2 Å². The lowest BCUT2D eigenvalue weighted by molar-refractivity contribution is -0.148. The lowest BCUT2D eigenvalue weighted by atomic mass is 9.99. The van der Waals surface area contributed by atoms with E-state index in [4.69, 9.17) is 18.9 Å². The second kappa shape index (κ2) is 11.9. The van der Waals surface area contributed by atoms with Crippen LogP contribution in [-0.4, -0.2) is 37.7 Å². The largest absolute Gasteiger partial charge is 0.491 e. The molecule has 0 N–H and O–H groups in total. The Bertz CT molecular complexity index is 695. The van der Waals surface area contributed by atoms with Crippen molar-refractivity contribution in [2.75, 3.05) is 19.8 Å². The summed E-state index contributed by atoms with van der Waals surface area (Å²) in [5.41, 5.74) is 0.894. The van der Waals surface area contributed by atoms with Crippen molar-refractivity contribution < 1.29 is 23.7 Å². The molecule has 2 rings (SSSR count). The zero-order valence-electron chi connectivity index (χ0n) is 18.7. The summed E-state index contributed by atoms with van der Waals surface area (Å²) in [5, 5.41) is 9.42. The fraction of sp³-hybridized carbons (Fsp3) is 0.667. The number of esters is 1. The van der Waals surface area contributed by atoms with Crippen LogP contribution in [0, 0.1) is 23.2 Å². The molecule has 0 bridgehead atoms. The smallest absolute Gasteiger partial charge is 0.323 e. The number of nitrogens with zero attached hydrogens (tertiary/aromatic N) is 1. The van der Waals surface area contributed by atoms with E-state index in [2.05, 4.69) is 19.9 Å². The van der Waals surface area contributed by atoms with Crippen LogP contribution < -0.4 is 4.74 Å². The predicted octanol–water partition coefficient (Wildman–Crippen LogP) is 4.66. The second-order valence-electron chi connectivity index (χ2n) is 8.34. The summed E-state index contributed by atoms with van der Waals surface area (Å²) in [6.45, 7) is 9.33. The Morgan fingerprint density at radius 1 is 1.30 bits per heavy atom. The highest BCUT2D eigenvalue weighted by atomic mass is 16.7. The fourth-order valence-electron chi connectivity index (χ4n) is 3.37. The summed E-state index contributed by atoms with van der Waals surface area (Å²) < 4.78 is 22.5. The number of benzene rings is 1. The molecule has 1 fully saturated rings. The van der Waals surface area contributed by atoms with Crippen LogP contribution in [-0.2, 0) is 25.4 Å². The van der Waals surface area contributed by atoms with E-state index in [9.17, 15) is 10.1 Å². The average molecular weight is 418 g/mol. The predicted molar refractivity (Wildman–Crippen MR) is 114 cm³/mol. The Hall–Kier alpha value is -2.10. The van der Waals surface area contributed by atoms with Gasteiger partial charge >= 0.3 is 5.97 Å². The molecule has 3 unspecified atom stereocenters. The third kappa shape index (κ3) is 7.97. The van der Waals surface area contributed by atoms with Gasteiger partial charge in [0.1, 0.15) is 24.4 Å². The van der Waals surface area contributed by atoms with Crippen LogP contribution in [0.5, 0.6) is 5.75 Å². The maximum Gasteiger partial charge on any atom is 0.323 e. The third-order valence-electron chi connectivity index (χ3n) is 5.31. The van der Waals surface area contributed by atoms with E-state index in [0.29, 0.717) is 37.9 Å². The molecule has 1 aromatic carbocycles. The summed E-state index contributed by atoms with van der Waals surface area (Å²) in [7, 11) is 0. The van der Waals surface area contributed by atoms with Crippen LogP contribution in [0.3, 0.4) is 0 Å². The van der Waals surface area contributed by atoms with Crippen LogP contribution in [0.2, 0.25) is 0 Å². The van der Waals surface area contributed by atoms with Crippen molar-refractivity contribution in [1.82, 2.24) is 0 Å². The number of ether oxygens (including phenoxy) is 4. The summed E-state index contributed by atoms with van der Waals surface area (Å²) in [5.74, 6) is -0.721. The highest BCUT2D eigenvalue weighted by Crippen LogP contribution is 2.23. The second-order valence-corrected chi connectivity index (χ2v) is 8.34. The van der Waals surface area contributed by atoms with Crippen molar-refractivity contribution in [1.29, 1.82) is 5.26 Å². The molecule has 6 nitrogen and oxygen atoms in total. The molecule has 0 spiro atoms. The average Bonchev–Trinajstić information content (AvgIpc) is 3.10. The molecule has 1 aromatic rings. The van der Waals surface area contributed by atoms with Gasteiger partial charge in [0.25, 0.3) is 0 Å². The molecule has 30 heavy (non-hydrogen) atoms. The van der Waals surface area contributed by atoms with Crippen molar-refractivity contribution >= 4 is 5.97 Å². The number of unbranched alkanes of at least 4 members (excludes halogenated alkanes) is 1. The van der Waals surface area contributed by atoms with Gasteiger partial charge in [-0.25, -0.2) is 0 Å². The lowest BCUT2D eigenvalue weighted by Gasteiger charge is -2.17. The number of hydrogen-bond acceptors (Lipinski definition) is 6.